The molecule has 16 bridgehead atoms. The molecule has 0 spiro atoms. The van der Waals surface area contributed by atoms with Crippen LogP contribution in [0.3, 0.4) is 0 Å². The van der Waals surface area contributed by atoms with E-state index in [9.17, 15) is 0 Å². The van der Waals surface area contributed by atoms with E-state index < -0.39 is 0 Å². The minimum atomic E-state index is 0. The van der Waals surface area contributed by atoms with E-state index in [1.54, 1.807) is 0 Å². The zero-order valence-electron chi connectivity index (χ0n) is 31.9. The second-order valence-electron chi connectivity index (χ2n) is 17.2. The van der Waals surface area contributed by atoms with E-state index in [1.807, 2.05) is 0 Å². The molecule has 0 aromatic heterocycles. The van der Waals surface area contributed by atoms with Crippen molar-refractivity contribution in [3.63, 3.8) is 0 Å². The van der Waals surface area contributed by atoms with Crippen molar-refractivity contribution in [2.45, 2.75) is 125 Å². The van der Waals surface area contributed by atoms with Crippen LogP contribution in [0.5, 0.6) is 0 Å². The van der Waals surface area contributed by atoms with Gasteiger partial charge in [-0.2, -0.15) is 26.7 Å². The normalized spacial score (nSPS) is 36.1. The largest absolute Gasteiger partial charge is 1.00 e. The first-order chi connectivity index (χ1) is 25.6. The Balaban J connectivity index is 0.000000161. The fourth-order valence-corrected chi connectivity index (χ4v) is 10.2. The fraction of sp³-hybridized carbons (Fsp3) is 0.700. The van der Waals surface area contributed by atoms with Gasteiger partial charge in [0.05, 0.1) is 0 Å². The van der Waals surface area contributed by atoms with Gasteiger partial charge in [0.15, 0.2) is 0 Å². The summed E-state index contributed by atoms with van der Waals surface area (Å²) in [5.74, 6) is 0. The molecule has 6 fully saturated rings. The van der Waals surface area contributed by atoms with Gasteiger partial charge in [0, 0.05) is 101 Å². The predicted molar refractivity (Wildman–Crippen MR) is 206 cm³/mol. The van der Waals surface area contributed by atoms with Gasteiger partial charge < -0.3 is 60.5 Å². The van der Waals surface area contributed by atoms with Gasteiger partial charge in [-0.15, -0.1) is 0 Å². The first-order valence-electron chi connectivity index (χ1n) is 20.8. The fourth-order valence-electron chi connectivity index (χ4n) is 10.2. The van der Waals surface area contributed by atoms with Gasteiger partial charge in [0.2, 0.25) is 0 Å². The number of hydrogen-bond acceptors (Lipinski definition) is 12. The molecule has 8 atom stereocenters. The third-order valence-electron chi connectivity index (χ3n) is 12.7. The Hall–Kier alpha value is -1.32. The van der Waals surface area contributed by atoms with Crippen molar-refractivity contribution in [3.8, 4) is 0 Å². The third kappa shape index (κ3) is 11.0. The molecule has 10 rings (SSSR count). The van der Waals surface area contributed by atoms with Crippen molar-refractivity contribution in [1.29, 1.82) is 0 Å². The molecule has 308 valence electrons. The van der Waals surface area contributed by atoms with Crippen LogP contribution in [0.25, 0.3) is 0 Å². The van der Waals surface area contributed by atoms with Crippen LogP contribution in [-0.4, -0.2) is 140 Å². The van der Waals surface area contributed by atoms with Crippen LogP contribution in [0, 0.1) is 26.7 Å². The van der Waals surface area contributed by atoms with Gasteiger partial charge >= 0.3 is 44.8 Å². The topological polar surface area (TPSA) is 74.0 Å². The third-order valence-corrected chi connectivity index (χ3v) is 12.7. The molecule has 10 heterocycles. The number of hydrogen-bond donors (Lipinski definition) is 4. The first kappa shape index (κ1) is 40.9. The van der Waals surface area contributed by atoms with Crippen LogP contribution in [0.2, 0.25) is 0 Å². The summed E-state index contributed by atoms with van der Waals surface area (Å²) >= 11 is 0. The molecule has 0 amide bonds. The SMILES string of the molecule is C1=CN2[CH-]N1CC1CCC[C@@H](CN3C=CN([CH-]3)C[C@H]3CCC[C@H](C2)N3)N1.C1=CN2[CH-]N1CC1CCC[C@H](CN3C=CN([CH-]3)C[C@@H]3CCCC(C2)N3)N1.[Ag+].[Ag+]. The van der Waals surface area contributed by atoms with Gasteiger partial charge in [-0.3, -0.25) is 0 Å². The van der Waals surface area contributed by atoms with Crippen LogP contribution in [-0.2, 0) is 44.8 Å². The summed E-state index contributed by atoms with van der Waals surface area (Å²) < 4.78 is 0. The summed E-state index contributed by atoms with van der Waals surface area (Å²) in [6.45, 7) is 17.8. The van der Waals surface area contributed by atoms with Gasteiger partial charge in [0.1, 0.15) is 0 Å². The summed E-state index contributed by atoms with van der Waals surface area (Å²) in [5.41, 5.74) is 0. The van der Waals surface area contributed by atoms with Gasteiger partial charge in [-0.1, -0.05) is 25.7 Å². The smallest absolute Gasteiger partial charge is 0.507 e. The molecular weight excluding hydrogens is 864 g/mol. The molecule has 54 heavy (non-hydrogen) atoms. The monoisotopic (exact) mass is 926 g/mol. The number of nitrogens with one attached hydrogen (secondary N) is 4. The van der Waals surface area contributed by atoms with E-state index in [0.717, 1.165) is 52.4 Å². The molecule has 0 radical (unpaired) electrons. The Morgan fingerprint density at radius 2 is 0.426 bits per heavy atom. The molecule has 0 aromatic carbocycles. The van der Waals surface area contributed by atoms with Crippen LogP contribution in [0.4, 0.5) is 0 Å². The second-order valence-corrected chi connectivity index (χ2v) is 17.2. The maximum atomic E-state index is 3.90. The molecule has 4 N–H and O–H groups in total. The van der Waals surface area contributed by atoms with Crippen molar-refractivity contribution >= 4 is 0 Å². The zero-order valence-corrected chi connectivity index (χ0v) is 34.8. The molecule has 10 aliphatic heterocycles. The quantitative estimate of drug-likeness (QED) is 0.214. The zero-order chi connectivity index (χ0) is 34.7. The summed E-state index contributed by atoms with van der Waals surface area (Å²) in [7, 11) is 0. The second kappa shape index (κ2) is 19.4. The van der Waals surface area contributed by atoms with Crippen molar-refractivity contribution in [3.05, 3.63) is 76.3 Å². The summed E-state index contributed by atoms with van der Waals surface area (Å²) in [5, 5.41) is 15.6. The van der Waals surface area contributed by atoms with Gasteiger partial charge in [-0.05, 0) is 101 Å². The standard InChI is InChI=1S/2C20H32N6.2Ag/c2*1-3-17-11-23-7-9-25(15-23)13-19-5-2-6-20(22-19)14-26-10-8-24(16-26)12-18(4-1)21-17;;/h2*7-10,15-22H,1-6,11-14H2;;/q2*-2;2*+1/t17-,18?,19+,20?;17-,18-,19+,20?;;/m.1../s1. The van der Waals surface area contributed by atoms with E-state index in [-0.39, 0.29) is 44.8 Å². The van der Waals surface area contributed by atoms with E-state index >= 15 is 0 Å². The van der Waals surface area contributed by atoms with Gasteiger partial charge in [0.25, 0.3) is 0 Å². The Labute approximate surface area is 357 Å². The Bertz CT molecular complexity index is 1030. The molecule has 6 saturated heterocycles. The number of nitrogens with zero attached hydrogens (tertiary/aromatic N) is 8. The van der Waals surface area contributed by atoms with E-state index in [1.165, 1.54) is 77.0 Å². The van der Waals surface area contributed by atoms with Crippen LogP contribution in [0.15, 0.2) is 49.6 Å². The van der Waals surface area contributed by atoms with Crippen LogP contribution >= 0.6 is 0 Å². The predicted octanol–water partition coefficient (Wildman–Crippen LogP) is 2.87. The number of rotatable bonds is 0. The molecule has 12 nitrogen and oxygen atoms in total. The van der Waals surface area contributed by atoms with E-state index in [0.29, 0.717) is 48.3 Å². The molecular formula is C40H64Ag2N12-2. The summed E-state index contributed by atoms with van der Waals surface area (Å²) in [4.78, 5) is 19.0. The molecule has 0 saturated carbocycles. The van der Waals surface area contributed by atoms with E-state index in [4.69, 9.17) is 0 Å². The summed E-state index contributed by atoms with van der Waals surface area (Å²) in [6, 6.07) is 4.68. The number of piperidine rings is 4. The van der Waals surface area contributed by atoms with Crippen molar-refractivity contribution in [2.75, 3.05) is 52.4 Å². The van der Waals surface area contributed by atoms with E-state index in [2.05, 4.69) is 137 Å². The van der Waals surface area contributed by atoms with Crippen LogP contribution < -0.4 is 21.3 Å². The first-order valence-corrected chi connectivity index (χ1v) is 20.8. The Morgan fingerprint density at radius 3 is 0.574 bits per heavy atom. The van der Waals surface area contributed by atoms with Gasteiger partial charge in [-0.25, -0.2) is 0 Å². The van der Waals surface area contributed by atoms with Crippen LogP contribution in [0.1, 0.15) is 77.0 Å². The average molecular weight is 929 g/mol. The maximum Gasteiger partial charge on any atom is 1.00 e. The Kier molecular flexibility index (Phi) is 14.7. The molecule has 0 aliphatic carbocycles. The Morgan fingerprint density at radius 1 is 0.278 bits per heavy atom. The molecule has 3 unspecified atom stereocenters. The molecule has 14 heteroatoms. The minimum Gasteiger partial charge on any atom is -0.507 e. The average Bonchev–Trinajstić information content (AvgIpc) is 3.96. The van der Waals surface area contributed by atoms with Crippen molar-refractivity contribution < 1.29 is 44.8 Å². The van der Waals surface area contributed by atoms with Crippen molar-refractivity contribution in [1.82, 2.24) is 60.5 Å². The maximum absolute atomic E-state index is 3.90. The minimum absolute atomic E-state index is 0. The van der Waals surface area contributed by atoms with Crippen molar-refractivity contribution in [2.24, 2.45) is 0 Å². The molecule has 0 aromatic rings. The summed E-state index contributed by atoms with van der Waals surface area (Å²) in [6.07, 6.45) is 33.6. The molecule has 10 aliphatic rings. The number of fused-ring (bicyclic) bond motifs is 16.